The molecule has 1 saturated carbocycles. The highest BCUT2D eigenvalue weighted by atomic mass is 19.1. The van der Waals surface area contributed by atoms with Crippen LogP contribution in [0.25, 0.3) is 0 Å². The molecule has 0 heterocycles. The zero-order chi connectivity index (χ0) is 13.9. The summed E-state index contributed by atoms with van der Waals surface area (Å²) in [6.07, 6.45) is 1.58. The van der Waals surface area contributed by atoms with Gasteiger partial charge in [-0.1, -0.05) is 12.1 Å². The van der Waals surface area contributed by atoms with E-state index in [2.05, 4.69) is 5.32 Å². The minimum absolute atomic E-state index is 0.0486. The lowest BCUT2D eigenvalue weighted by Gasteiger charge is -2.36. The van der Waals surface area contributed by atoms with Crippen LogP contribution in [-0.2, 0) is 4.79 Å². The molecule has 1 aromatic carbocycles. The van der Waals surface area contributed by atoms with Crippen LogP contribution in [0.4, 0.5) is 4.39 Å². The van der Waals surface area contributed by atoms with E-state index in [4.69, 9.17) is 4.74 Å². The number of amides is 1. The Hall–Kier alpha value is -1.62. The maximum atomic E-state index is 13.4. The monoisotopic (exact) mass is 267 g/mol. The van der Waals surface area contributed by atoms with Gasteiger partial charge in [0.2, 0.25) is 0 Å². The molecular weight excluding hydrogens is 249 g/mol. The molecule has 4 nitrogen and oxygen atoms in total. The van der Waals surface area contributed by atoms with Gasteiger partial charge in [0.15, 0.2) is 17.7 Å². The summed E-state index contributed by atoms with van der Waals surface area (Å²) < 4.78 is 18.6. The molecule has 1 aromatic rings. The highest BCUT2D eigenvalue weighted by molar-refractivity contribution is 5.80. The Balaban J connectivity index is 1.84. The molecule has 1 atom stereocenters. The molecule has 1 amide bonds. The van der Waals surface area contributed by atoms with Gasteiger partial charge in [-0.15, -0.1) is 0 Å². The minimum atomic E-state index is -0.805. The van der Waals surface area contributed by atoms with Gasteiger partial charge in [-0.25, -0.2) is 4.39 Å². The smallest absolute Gasteiger partial charge is 0.260 e. The van der Waals surface area contributed by atoms with E-state index in [1.165, 1.54) is 12.1 Å². The van der Waals surface area contributed by atoms with Crippen molar-refractivity contribution in [1.29, 1.82) is 0 Å². The predicted octanol–water partition coefficient (Wildman–Crippen LogP) is 1.62. The average molecular weight is 267 g/mol. The highest BCUT2D eigenvalue weighted by Crippen LogP contribution is 2.30. The summed E-state index contributed by atoms with van der Waals surface area (Å²) in [5.74, 6) is -0.809. The van der Waals surface area contributed by atoms with Crippen LogP contribution in [0.2, 0.25) is 0 Å². The van der Waals surface area contributed by atoms with Crippen LogP contribution in [0.15, 0.2) is 24.3 Å². The Kier molecular flexibility index (Phi) is 4.04. The number of carbonyl (C=O) groups excluding carboxylic acids is 1. The Morgan fingerprint density at radius 1 is 1.53 bits per heavy atom. The zero-order valence-electron chi connectivity index (χ0n) is 10.9. The van der Waals surface area contributed by atoms with Gasteiger partial charge >= 0.3 is 0 Å². The lowest BCUT2D eigenvalue weighted by Crippen LogP contribution is -2.50. The van der Waals surface area contributed by atoms with Gasteiger partial charge in [0.1, 0.15) is 0 Å². The fourth-order valence-corrected chi connectivity index (χ4v) is 1.94. The lowest BCUT2D eigenvalue weighted by molar-refractivity contribution is -0.129. The summed E-state index contributed by atoms with van der Waals surface area (Å²) in [6, 6.07) is 5.94. The first kappa shape index (κ1) is 13.8. The Morgan fingerprint density at radius 2 is 2.21 bits per heavy atom. The quantitative estimate of drug-likeness (QED) is 0.852. The topological polar surface area (TPSA) is 58.6 Å². The first-order valence-electron chi connectivity index (χ1n) is 6.41. The number of ether oxygens (including phenoxy) is 1. The molecule has 1 fully saturated rings. The van der Waals surface area contributed by atoms with Gasteiger partial charge in [0.05, 0.1) is 5.60 Å². The second kappa shape index (κ2) is 5.57. The van der Waals surface area contributed by atoms with Gasteiger partial charge in [-0.05, 0) is 38.3 Å². The van der Waals surface area contributed by atoms with Crippen LogP contribution in [0.3, 0.4) is 0 Å². The van der Waals surface area contributed by atoms with Crippen molar-refractivity contribution in [2.24, 2.45) is 0 Å². The van der Waals surface area contributed by atoms with Crippen LogP contribution in [-0.4, -0.2) is 29.3 Å². The van der Waals surface area contributed by atoms with Crippen molar-refractivity contribution in [1.82, 2.24) is 5.32 Å². The van der Waals surface area contributed by atoms with Gasteiger partial charge < -0.3 is 15.2 Å². The molecular formula is C14H18FNO3. The van der Waals surface area contributed by atoms with E-state index < -0.39 is 17.5 Å². The number of benzene rings is 1. The molecule has 1 unspecified atom stereocenters. The number of nitrogens with one attached hydrogen (secondary N) is 1. The molecule has 0 radical (unpaired) electrons. The molecule has 2 rings (SSSR count). The third kappa shape index (κ3) is 3.44. The van der Waals surface area contributed by atoms with Crippen molar-refractivity contribution in [3.63, 3.8) is 0 Å². The van der Waals surface area contributed by atoms with Crippen molar-refractivity contribution in [3.05, 3.63) is 30.1 Å². The standard InChI is InChI=1S/C14H18FNO3/c1-10(19-12-6-3-2-5-11(12)15)13(17)16-9-14(18)7-4-8-14/h2-3,5-6,10,18H,4,7-9H2,1H3,(H,16,17). The molecule has 19 heavy (non-hydrogen) atoms. The van der Waals surface area contributed by atoms with Crippen molar-refractivity contribution >= 4 is 5.91 Å². The molecule has 0 saturated heterocycles. The Morgan fingerprint density at radius 3 is 2.79 bits per heavy atom. The molecule has 2 N–H and O–H groups in total. The predicted molar refractivity (Wildman–Crippen MR) is 68.3 cm³/mol. The summed E-state index contributed by atoms with van der Waals surface area (Å²) in [4.78, 5) is 11.8. The van der Waals surface area contributed by atoms with E-state index in [-0.39, 0.29) is 18.2 Å². The molecule has 0 bridgehead atoms. The highest BCUT2D eigenvalue weighted by Gasteiger charge is 2.35. The van der Waals surface area contributed by atoms with E-state index in [0.717, 1.165) is 6.42 Å². The third-order valence-electron chi connectivity index (χ3n) is 3.39. The summed E-state index contributed by atoms with van der Waals surface area (Å²) >= 11 is 0. The van der Waals surface area contributed by atoms with Gasteiger partial charge in [0.25, 0.3) is 5.91 Å². The largest absolute Gasteiger partial charge is 0.478 e. The Bertz CT molecular complexity index is 460. The van der Waals surface area contributed by atoms with E-state index in [0.29, 0.717) is 12.8 Å². The molecule has 0 aliphatic heterocycles. The van der Waals surface area contributed by atoms with Crippen LogP contribution < -0.4 is 10.1 Å². The number of aliphatic hydroxyl groups is 1. The maximum absolute atomic E-state index is 13.4. The van der Waals surface area contributed by atoms with Crippen molar-refractivity contribution in [2.45, 2.75) is 37.9 Å². The summed E-state index contributed by atoms with van der Waals surface area (Å²) in [7, 11) is 0. The first-order chi connectivity index (χ1) is 9.00. The molecule has 0 spiro atoms. The van der Waals surface area contributed by atoms with Gasteiger partial charge in [0, 0.05) is 6.54 Å². The second-order valence-corrected chi connectivity index (χ2v) is 4.99. The number of halogens is 1. The van der Waals surface area contributed by atoms with Crippen molar-refractivity contribution in [3.8, 4) is 5.75 Å². The normalized spacial score (nSPS) is 18.3. The van der Waals surface area contributed by atoms with Crippen LogP contribution in [0, 0.1) is 5.82 Å². The second-order valence-electron chi connectivity index (χ2n) is 4.99. The van der Waals surface area contributed by atoms with Crippen LogP contribution in [0.1, 0.15) is 26.2 Å². The summed E-state index contributed by atoms with van der Waals surface area (Å²) in [5.41, 5.74) is -0.770. The number of carbonyl (C=O) groups is 1. The fourth-order valence-electron chi connectivity index (χ4n) is 1.94. The van der Waals surface area contributed by atoms with Gasteiger partial charge in [-0.3, -0.25) is 4.79 Å². The van der Waals surface area contributed by atoms with Crippen LogP contribution >= 0.6 is 0 Å². The molecule has 5 heteroatoms. The van der Waals surface area contributed by atoms with E-state index in [1.54, 1.807) is 19.1 Å². The summed E-state index contributed by atoms with van der Waals surface area (Å²) in [5, 5.41) is 12.5. The average Bonchev–Trinajstić information content (AvgIpc) is 2.36. The van der Waals surface area contributed by atoms with Crippen molar-refractivity contribution in [2.75, 3.05) is 6.54 Å². The number of para-hydroxylation sites is 1. The van der Waals surface area contributed by atoms with Crippen LogP contribution in [0.5, 0.6) is 5.75 Å². The van der Waals surface area contributed by atoms with Crippen molar-refractivity contribution < 1.29 is 19.0 Å². The Labute approximate surface area is 111 Å². The summed E-state index contributed by atoms with van der Waals surface area (Å²) in [6.45, 7) is 1.77. The van der Waals surface area contributed by atoms with E-state index >= 15 is 0 Å². The lowest BCUT2D eigenvalue weighted by atomic mass is 9.80. The number of hydrogen-bond donors (Lipinski definition) is 2. The van der Waals surface area contributed by atoms with Gasteiger partial charge in [-0.2, -0.15) is 0 Å². The number of hydrogen-bond acceptors (Lipinski definition) is 3. The fraction of sp³-hybridized carbons (Fsp3) is 0.500. The molecule has 1 aliphatic rings. The molecule has 0 aromatic heterocycles. The number of rotatable bonds is 5. The first-order valence-corrected chi connectivity index (χ1v) is 6.41. The molecule has 1 aliphatic carbocycles. The van der Waals surface area contributed by atoms with E-state index in [9.17, 15) is 14.3 Å². The SMILES string of the molecule is CC(Oc1ccccc1F)C(=O)NCC1(O)CCC1. The maximum Gasteiger partial charge on any atom is 0.260 e. The van der Waals surface area contributed by atoms with E-state index in [1.807, 2.05) is 0 Å². The zero-order valence-corrected chi connectivity index (χ0v) is 10.9. The third-order valence-corrected chi connectivity index (χ3v) is 3.39. The molecule has 104 valence electrons. The minimum Gasteiger partial charge on any atom is -0.478 e.